The fourth-order valence-electron chi connectivity index (χ4n) is 1.69. The SMILES string of the molecule is CNCCC(=O)NCCc1cccc(C(=O)NC)c1. The van der Waals surface area contributed by atoms with Gasteiger partial charge < -0.3 is 16.0 Å². The Morgan fingerprint density at radius 1 is 1.16 bits per heavy atom. The lowest BCUT2D eigenvalue weighted by atomic mass is 10.1. The molecule has 0 saturated carbocycles. The summed E-state index contributed by atoms with van der Waals surface area (Å²) in [5.41, 5.74) is 1.68. The standard InChI is InChI=1S/C14H21N3O2/c1-15-8-7-13(18)17-9-6-11-4-3-5-12(10-11)14(19)16-2/h3-5,10,15H,6-9H2,1-2H3,(H,16,19)(H,17,18). The van der Waals surface area contributed by atoms with Gasteiger partial charge in [0.05, 0.1) is 0 Å². The Morgan fingerprint density at radius 3 is 2.63 bits per heavy atom. The van der Waals surface area contributed by atoms with E-state index in [1.807, 2.05) is 25.2 Å². The highest BCUT2D eigenvalue weighted by atomic mass is 16.2. The first-order valence-corrected chi connectivity index (χ1v) is 6.39. The second-order valence-corrected chi connectivity index (χ2v) is 4.23. The van der Waals surface area contributed by atoms with Crippen molar-refractivity contribution in [2.75, 3.05) is 27.2 Å². The summed E-state index contributed by atoms with van der Waals surface area (Å²) in [7, 11) is 3.43. The molecule has 0 saturated heterocycles. The van der Waals surface area contributed by atoms with Crippen LogP contribution in [0.3, 0.4) is 0 Å². The summed E-state index contributed by atoms with van der Waals surface area (Å²) in [5.74, 6) is -0.0586. The van der Waals surface area contributed by atoms with E-state index in [-0.39, 0.29) is 11.8 Å². The van der Waals surface area contributed by atoms with Gasteiger partial charge >= 0.3 is 0 Å². The predicted octanol–water partition coefficient (Wildman–Crippen LogP) is 0.314. The van der Waals surface area contributed by atoms with Crippen molar-refractivity contribution in [2.45, 2.75) is 12.8 Å². The maximum Gasteiger partial charge on any atom is 0.251 e. The zero-order valence-electron chi connectivity index (χ0n) is 11.5. The number of hydrogen-bond acceptors (Lipinski definition) is 3. The molecule has 0 aliphatic rings. The van der Waals surface area contributed by atoms with Crippen LogP contribution in [0.15, 0.2) is 24.3 Å². The quantitative estimate of drug-likeness (QED) is 0.663. The predicted molar refractivity (Wildman–Crippen MR) is 75.1 cm³/mol. The van der Waals surface area contributed by atoms with E-state index >= 15 is 0 Å². The second kappa shape index (κ2) is 8.26. The van der Waals surface area contributed by atoms with Gasteiger partial charge in [0.15, 0.2) is 0 Å². The number of hydrogen-bond donors (Lipinski definition) is 3. The van der Waals surface area contributed by atoms with E-state index in [0.717, 1.165) is 12.0 Å². The van der Waals surface area contributed by atoms with Gasteiger partial charge in [0.2, 0.25) is 5.91 Å². The molecule has 0 unspecified atom stereocenters. The summed E-state index contributed by atoms with van der Waals surface area (Å²) in [5, 5.41) is 8.37. The summed E-state index contributed by atoms with van der Waals surface area (Å²) in [4.78, 5) is 22.9. The molecule has 0 spiro atoms. The molecule has 0 aliphatic heterocycles. The van der Waals surface area contributed by atoms with Crippen LogP contribution >= 0.6 is 0 Å². The second-order valence-electron chi connectivity index (χ2n) is 4.23. The minimum Gasteiger partial charge on any atom is -0.356 e. The van der Waals surface area contributed by atoms with Crippen molar-refractivity contribution in [1.29, 1.82) is 0 Å². The maximum atomic E-state index is 11.5. The number of rotatable bonds is 7. The third kappa shape index (κ3) is 5.52. The number of amides is 2. The van der Waals surface area contributed by atoms with Gasteiger partial charge in [-0.15, -0.1) is 0 Å². The lowest BCUT2D eigenvalue weighted by Gasteiger charge is -2.06. The van der Waals surface area contributed by atoms with E-state index in [9.17, 15) is 9.59 Å². The van der Waals surface area contributed by atoms with Crippen molar-refractivity contribution in [3.8, 4) is 0 Å². The van der Waals surface area contributed by atoms with Gasteiger partial charge in [-0.25, -0.2) is 0 Å². The van der Waals surface area contributed by atoms with Crippen molar-refractivity contribution in [2.24, 2.45) is 0 Å². The third-order valence-electron chi connectivity index (χ3n) is 2.75. The Morgan fingerprint density at radius 2 is 1.95 bits per heavy atom. The normalized spacial score (nSPS) is 10.0. The molecule has 0 atom stereocenters. The molecular formula is C14H21N3O2. The first kappa shape index (κ1) is 15.2. The minimum atomic E-state index is -0.0973. The van der Waals surface area contributed by atoms with Crippen molar-refractivity contribution in [3.05, 3.63) is 35.4 Å². The fraction of sp³-hybridized carbons (Fsp3) is 0.429. The Labute approximate surface area is 113 Å². The summed E-state index contributed by atoms with van der Waals surface area (Å²) < 4.78 is 0. The van der Waals surface area contributed by atoms with E-state index < -0.39 is 0 Å². The van der Waals surface area contributed by atoms with Crippen LogP contribution in [0.4, 0.5) is 0 Å². The largest absolute Gasteiger partial charge is 0.356 e. The summed E-state index contributed by atoms with van der Waals surface area (Å²) in [6.07, 6.45) is 1.20. The molecule has 0 aromatic heterocycles. The van der Waals surface area contributed by atoms with Crippen molar-refractivity contribution in [1.82, 2.24) is 16.0 Å². The average Bonchev–Trinajstić information content (AvgIpc) is 2.44. The van der Waals surface area contributed by atoms with Crippen LogP contribution in [0.2, 0.25) is 0 Å². The number of benzene rings is 1. The van der Waals surface area contributed by atoms with E-state index in [0.29, 0.717) is 25.1 Å². The van der Waals surface area contributed by atoms with Gasteiger partial charge in [-0.1, -0.05) is 12.1 Å². The third-order valence-corrected chi connectivity index (χ3v) is 2.75. The number of carbonyl (C=O) groups is 2. The Kier molecular flexibility index (Phi) is 6.60. The van der Waals surface area contributed by atoms with Crippen LogP contribution in [-0.4, -0.2) is 39.0 Å². The van der Waals surface area contributed by atoms with Crippen molar-refractivity contribution < 1.29 is 9.59 Å². The Hall–Kier alpha value is -1.88. The van der Waals surface area contributed by atoms with E-state index in [2.05, 4.69) is 16.0 Å². The van der Waals surface area contributed by atoms with Gasteiger partial charge in [-0.05, 0) is 31.2 Å². The van der Waals surface area contributed by atoms with Crippen LogP contribution in [0.5, 0.6) is 0 Å². The number of carbonyl (C=O) groups excluding carboxylic acids is 2. The van der Waals surface area contributed by atoms with Gasteiger partial charge in [0, 0.05) is 32.1 Å². The zero-order valence-corrected chi connectivity index (χ0v) is 11.5. The van der Waals surface area contributed by atoms with E-state index in [1.54, 1.807) is 13.1 Å². The molecule has 3 N–H and O–H groups in total. The van der Waals surface area contributed by atoms with E-state index in [4.69, 9.17) is 0 Å². The molecule has 0 radical (unpaired) electrons. The minimum absolute atomic E-state index is 0.0387. The maximum absolute atomic E-state index is 11.5. The Balaban J connectivity index is 2.41. The summed E-state index contributed by atoms with van der Waals surface area (Å²) in [6.45, 7) is 1.26. The van der Waals surface area contributed by atoms with Crippen LogP contribution in [0.25, 0.3) is 0 Å². The highest BCUT2D eigenvalue weighted by Crippen LogP contribution is 2.05. The Bertz CT molecular complexity index is 432. The lowest BCUT2D eigenvalue weighted by Crippen LogP contribution is -2.28. The van der Waals surface area contributed by atoms with Crippen LogP contribution < -0.4 is 16.0 Å². The summed E-state index contributed by atoms with van der Waals surface area (Å²) >= 11 is 0. The summed E-state index contributed by atoms with van der Waals surface area (Å²) in [6, 6.07) is 7.42. The highest BCUT2D eigenvalue weighted by Gasteiger charge is 2.04. The molecule has 1 aromatic carbocycles. The van der Waals surface area contributed by atoms with Crippen LogP contribution in [0, 0.1) is 0 Å². The van der Waals surface area contributed by atoms with Crippen LogP contribution in [-0.2, 0) is 11.2 Å². The van der Waals surface area contributed by atoms with Gasteiger partial charge in [0.25, 0.3) is 5.91 Å². The molecule has 2 amide bonds. The first-order chi connectivity index (χ1) is 9.17. The van der Waals surface area contributed by atoms with Crippen molar-refractivity contribution >= 4 is 11.8 Å². The van der Waals surface area contributed by atoms with Gasteiger partial charge in [-0.2, -0.15) is 0 Å². The first-order valence-electron chi connectivity index (χ1n) is 6.39. The number of nitrogens with one attached hydrogen (secondary N) is 3. The molecule has 0 fully saturated rings. The molecule has 104 valence electrons. The monoisotopic (exact) mass is 263 g/mol. The lowest BCUT2D eigenvalue weighted by molar-refractivity contribution is -0.120. The molecule has 0 heterocycles. The fourth-order valence-corrected chi connectivity index (χ4v) is 1.69. The van der Waals surface area contributed by atoms with Gasteiger partial charge in [-0.3, -0.25) is 9.59 Å². The average molecular weight is 263 g/mol. The smallest absolute Gasteiger partial charge is 0.251 e. The molecule has 5 nitrogen and oxygen atoms in total. The molecule has 1 rings (SSSR count). The van der Waals surface area contributed by atoms with Gasteiger partial charge in [0.1, 0.15) is 0 Å². The molecule has 19 heavy (non-hydrogen) atoms. The van der Waals surface area contributed by atoms with Crippen molar-refractivity contribution in [3.63, 3.8) is 0 Å². The topological polar surface area (TPSA) is 70.2 Å². The molecule has 1 aromatic rings. The molecular weight excluding hydrogens is 242 g/mol. The van der Waals surface area contributed by atoms with E-state index in [1.165, 1.54) is 0 Å². The zero-order chi connectivity index (χ0) is 14.1. The van der Waals surface area contributed by atoms with Crippen LogP contribution in [0.1, 0.15) is 22.3 Å². The highest BCUT2D eigenvalue weighted by molar-refractivity contribution is 5.94. The molecule has 0 aliphatic carbocycles. The molecule has 5 heteroatoms. The molecule has 0 bridgehead atoms.